The molecule has 1 aromatic carbocycles. The summed E-state index contributed by atoms with van der Waals surface area (Å²) in [6.45, 7) is 34.0. The van der Waals surface area contributed by atoms with Crippen LogP contribution in [0.2, 0.25) is 54.4 Å². The van der Waals surface area contributed by atoms with E-state index in [-0.39, 0.29) is 37.7 Å². The van der Waals surface area contributed by atoms with Crippen molar-refractivity contribution in [3.63, 3.8) is 0 Å². The van der Waals surface area contributed by atoms with Crippen LogP contribution < -0.4 is 10.6 Å². The van der Waals surface area contributed by atoms with Gasteiger partial charge >= 0.3 is 5.24 Å². The van der Waals surface area contributed by atoms with E-state index in [4.69, 9.17) is 33.0 Å². The maximum absolute atomic E-state index is 13.1. The van der Waals surface area contributed by atoms with Gasteiger partial charge in [0, 0.05) is 6.04 Å². The summed E-state index contributed by atoms with van der Waals surface area (Å²) in [4.78, 5) is 27.9. The minimum Gasteiger partial charge on any atom is -0.414 e. The van der Waals surface area contributed by atoms with Gasteiger partial charge in [0.1, 0.15) is 18.3 Å². The summed E-state index contributed by atoms with van der Waals surface area (Å²) in [6, 6.07) is 7.77. The molecule has 0 radical (unpaired) electrons. The molecule has 4 heterocycles. The first-order valence-electron chi connectivity index (χ1n) is 21.8. The first kappa shape index (κ1) is 48.2. The van der Waals surface area contributed by atoms with Gasteiger partial charge in [-0.1, -0.05) is 93.4 Å². The summed E-state index contributed by atoms with van der Waals surface area (Å²) in [6.07, 6.45) is 6.65. The van der Waals surface area contributed by atoms with E-state index in [1.165, 1.54) is 29.2 Å². The highest BCUT2D eigenvalue weighted by molar-refractivity contribution is 8.06. The quantitative estimate of drug-likeness (QED) is 0.122. The molecule has 4 aromatic rings. The molecule has 0 spiro atoms. The lowest BCUT2D eigenvalue weighted by Crippen LogP contribution is -2.54. The molecule has 15 nitrogen and oxygen atoms in total. The van der Waals surface area contributed by atoms with Crippen LogP contribution in [-0.4, -0.2) is 98.9 Å². The van der Waals surface area contributed by atoms with Crippen LogP contribution in [0.5, 0.6) is 0 Å². The van der Waals surface area contributed by atoms with E-state index in [9.17, 15) is 13.2 Å². The van der Waals surface area contributed by atoms with E-state index in [0.717, 1.165) is 25.7 Å². The monoisotopic (exact) mass is 926 g/mol. The zero-order valence-electron chi connectivity index (χ0n) is 39.5. The molecule has 1 saturated heterocycles. The lowest BCUT2D eigenvalue weighted by molar-refractivity contribution is -0.0470. The Kier molecular flexibility index (Phi) is 13.4. The van der Waals surface area contributed by atoms with E-state index in [1.807, 2.05) is 4.57 Å². The largest absolute Gasteiger partial charge is 0.414 e. The number of ether oxygens (including phenoxy) is 1. The van der Waals surface area contributed by atoms with Gasteiger partial charge in [-0.25, -0.2) is 18.1 Å². The number of carbonyl (C=O) groups excluding carboxylic acids is 1. The predicted molar refractivity (Wildman–Crippen MR) is 252 cm³/mol. The molecule has 4 atom stereocenters. The van der Waals surface area contributed by atoms with Crippen molar-refractivity contribution in [2.45, 2.75) is 178 Å². The second kappa shape index (κ2) is 17.2. The van der Waals surface area contributed by atoms with Gasteiger partial charge in [0.25, 0.3) is 15.8 Å². The van der Waals surface area contributed by atoms with Crippen LogP contribution in [0.1, 0.15) is 94.2 Å². The van der Waals surface area contributed by atoms with Crippen molar-refractivity contribution >= 4 is 62.7 Å². The number of anilines is 2. The summed E-state index contributed by atoms with van der Waals surface area (Å²) < 4.78 is 58.5. The summed E-state index contributed by atoms with van der Waals surface area (Å²) >= 11 is 0. The van der Waals surface area contributed by atoms with Gasteiger partial charge in [-0.15, -0.1) is 0 Å². The number of hydrogen-bond donors (Lipinski definition) is 2. The first-order chi connectivity index (χ1) is 28.5. The normalized spacial score (nSPS) is 21.2. The first-order valence-corrected chi connectivity index (χ1v) is 32.1. The van der Waals surface area contributed by atoms with Crippen LogP contribution in [0, 0.1) is 0 Å². The molecule has 2 fully saturated rings. The Bertz CT molecular complexity index is 2330. The highest BCUT2D eigenvalue weighted by Gasteiger charge is 2.55. The number of nitrogens with one attached hydrogen (secondary N) is 2. The average Bonchev–Trinajstić information content (AvgIpc) is 3.98. The second-order valence-corrected chi connectivity index (χ2v) is 37.7. The van der Waals surface area contributed by atoms with Gasteiger partial charge in [-0.05, 0) is 79.4 Å². The summed E-state index contributed by atoms with van der Waals surface area (Å²) in [7, 11) is -11.4. The van der Waals surface area contributed by atoms with Gasteiger partial charge in [-0.3, -0.25) is 9.36 Å². The van der Waals surface area contributed by atoms with Crippen molar-refractivity contribution in [2.24, 2.45) is 0 Å². The van der Waals surface area contributed by atoms with Crippen LogP contribution in [0.15, 0.2) is 53.9 Å². The molecule has 0 unspecified atom stereocenters. The molecular formula is C43H70N8O7SSi3. The maximum atomic E-state index is 13.1. The minimum absolute atomic E-state index is 0.0141. The van der Waals surface area contributed by atoms with Gasteiger partial charge in [0.05, 0.1) is 35.9 Å². The Labute approximate surface area is 371 Å². The van der Waals surface area contributed by atoms with Crippen molar-refractivity contribution in [3.8, 4) is 5.95 Å². The van der Waals surface area contributed by atoms with Gasteiger partial charge in [0.2, 0.25) is 0 Å². The van der Waals surface area contributed by atoms with Gasteiger partial charge < -0.3 is 28.6 Å². The van der Waals surface area contributed by atoms with Crippen LogP contribution >= 0.6 is 0 Å². The molecule has 1 aliphatic heterocycles. The number of nitrogens with zero attached hydrogens (tertiary/aromatic N) is 6. The van der Waals surface area contributed by atoms with E-state index in [2.05, 4.69) is 117 Å². The lowest BCUT2D eigenvalue weighted by atomic mass is 10.1. The number of amides is 1. The number of hydrogen-bond acceptors (Lipinski definition) is 12. The number of fused-ring (bicyclic) bond motifs is 1. The molecular weight excluding hydrogens is 857 g/mol. The predicted octanol–water partition coefficient (Wildman–Crippen LogP) is 10.1. The fourth-order valence-electron chi connectivity index (χ4n) is 6.82. The zero-order chi connectivity index (χ0) is 45.8. The van der Waals surface area contributed by atoms with Crippen molar-refractivity contribution in [3.05, 3.63) is 49.1 Å². The molecule has 6 rings (SSSR count). The Hall–Kier alpha value is -3.31. The fourth-order valence-corrected chi connectivity index (χ4v) is 11.4. The Morgan fingerprint density at radius 1 is 0.839 bits per heavy atom. The van der Waals surface area contributed by atoms with Crippen LogP contribution in [0.25, 0.3) is 17.1 Å². The summed E-state index contributed by atoms with van der Waals surface area (Å²) in [5.74, 6) is 0.730. The van der Waals surface area contributed by atoms with E-state index >= 15 is 0 Å². The second-order valence-electron chi connectivity index (χ2n) is 21.5. The van der Waals surface area contributed by atoms with E-state index in [0.29, 0.717) is 23.6 Å². The number of carbonyl (C=O) groups is 1. The van der Waals surface area contributed by atoms with Gasteiger partial charge in [0.15, 0.2) is 48.2 Å². The molecule has 19 heteroatoms. The SMILES string of the molecule is CC(C)(C)[Si](C)(C)OC[C@H]1O[C@@H](n2cnc3c(NC4CCCC4)nc(-n4cc(NC(=O)S(=O)(=O)c5ccccc5)cn4)nc32)[C@H](O[Si](C)(C)C(C)(C)C)[C@@H]1O[Si](C)(C)C(C)(C)C. The topological polar surface area (TPSA) is 174 Å². The van der Waals surface area contributed by atoms with Crippen molar-refractivity contribution < 1.29 is 31.2 Å². The number of rotatable bonds is 13. The van der Waals surface area contributed by atoms with Crippen LogP contribution in [-0.2, 0) is 27.9 Å². The van der Waals surface area contributed by atoms with E-state index < -0.39 is 64.6 Å². The van der Waals surface area contributed by atoms with Crippen molar-refractivity contribution in [1.82, 2.24) is 29.3 Å². The average molecular weight is 927 g/mol. The Morgan fingerprint density at radius 3 is 2.00 bits per heavy atom. The third kappa shape index (κ3) is 9.99. The molecule has 1 amide bonds. The third-order valence-electron chi connectivity index (χ3n) is 13.9. The lowest BCUT2D eigenvalue weighted by Gasteiger charge is -2.44. The molecule has 62 heavy (non-hydrogen) atoms. The number of sulfone groups is 1. The van der Waals surface area contributed by atoms with E-state index in [1.54, 1.807) is 24.5 Å². The molecule has 2 N–H and O–H groups in total. The Balaban J connectivity index is 1.46. The molecule has 342 valence electrons. The number of imidazole rings is 1. The maximum Gasteiger partial charge on any atom is 0.345 e. The summed E-state index contributed by atoms with van der Waals surface area (Å²) in [5.41, 5.74) is 1.22. The highest BCUT2D eigenvalue weighted by Crippen LogP contribution is 2.47. The number of aromatic nitrogens is 6. The molecule has 2 aliphatic rings. The highest BCUT2D eigenvalue weighted by atomic mass is 32.2. The smallest absolute Gasteiger partial charge is 0.345 e. The summed E-state index contributed by atoms with van der Waals surface area (Å²) in [5, 5.41) is 9.22. The third-order valence-corrected chi connectivity index (χ3v) is 28.8. The number of benzene rings is 1. The zero-order valence-corrected chi connectivity index (χ0v) is 43.3. The fraction of sp³-hybridized carbons (Fsp3) is 0.651. The Morgan fingerprint density at radius 2 is 1.42 bits per heavy atom. The van der Waals surface area contributed by atoms with Crippen LogP contribution in [0.4, 0.5) is 16.3 Å². The minimum atomic E-state index is -4.30. The van der Waals surface area contributed by atoms with Crippen molar-refractivity contribution in [2.75, 3.05) is 17.2 Å². The van der Waals surface area contributed by atoms with Crippen molar-refractivity contribution in [1.29, 1.82) is 0 Å². The molecule has 0 bridgehead atoms. The van der Waals surface area contributed by atoms with Crippen LogP contribution in [0.3, 0.4) is 0 Å². The standard InChI is InChI=1S/C43H70N8O7SSi3/c1-41(2,3)60(10,11)55-27-32-34(57-61(12,13)42(4,5)6)35(58-62(14,15)43(7,8)9)38(56-32)50-28-44-33-36(46-29-21-19-20-22-29)48-39(49-37(33)50)51-26-30(25-45-51)47-40(52)59(53,54)31-23-17-16-18-24-31/h16-18,23-26,28-29,32,34-35,38H,19-22,27H2,1-15H3,(H,47,52)(H,46,48,49)/t32-,34-,35-,38-/m1/s1. The van der Waals surface area contributed by atoms with Gasteiger partial charge in [-0.2, -0.15) is 15.1 Å². The molecule has 1 saturated carbocycles. The molecule has 3 aromatic heterocycles. The molecule has 1 aliphatic carbocycles.